The smallest absolute Gasteiger partial charge is 0.176 e. The number of nitrogens with zero attached hydrogens (tertiary/aromatic N) is 4. The maximum absolute atomic E-state index is 9.46. The molecule has 132 valence electrons. The number of hydrogen-bond donors (Lipinski definition) is 2. The maximum Gasteiger partial charge on any atom is 0.176 e. The van der Waals surface area contributed by atoms with Crippen LogP contribution < -0.4 is 5.49 Å². The Labute approximate surface area is 146 Å². The zero-order valence-corrected chi connectivity index (χ0v) is 14.7. The van der Waals surface area contributed by atoms with E-state index in [1.165, 1.54) is 0 Å². The van der Waals surface area contributed by atoms with Crippen LogP contribution in [0.15, 0.2) is 41.7 Å². The highest BCUT2D eigenvalue weighted by molar-refractivity contribution is 5.70. The summed E-state index contributed by atoms with van der Waals surface area (Å²) in [6.07, 6.45) is 1.35. The van der Waals surface area contributed by atoms with E-state index in [0.717, 1.165) is 11.1 Å². The summed E-state index contributed by atoms with van der Waals surface area (Å²) >= 11 is 0. The van der Waals surface area contributed by atoms with Crippen LogP contribution in [0, 0.1) is 0 Å². The minimum Gasteiger partial charge on any atom is -0.396 e. The van der Waals surface area contributed by atoms with Gasteiger partial charge in [0.05, 0.1) is 6.61 Å². The molecule has 0 radical (unpaired) electrons. The molecule has 0 amide bonds. The molecule has 2 unspecified atom stereocenters. The minimum absolute atomic E-state index is 0.0138. The third-order valence-electron chi connectivity index (χ3n) is 4.08. The number of aliphatic hydroxyl groups excluding tert-OH is 1. The lowest BCUT2D eigenvalue weighted by Gasteiger charge is -2.19. The van der Waals surface area contributed by atoms with Crippen molar-refractivity contribution in [2.24, 2.45) is 4.99 Å². The number of aliphatic hydroxyl groups is 1. The van der Waals surface area contributed by atoms with E-state index >= 15 is 0 Å². The number of rotatable bonds is 6. The van der Waals surface area contributed by atoms with Gasteiger partial charge in [0.25, 0.3) is 0 Å². The van der Waals surface area contributed by atoms with Gasteiger partial charge < -0.3 is 14.8 Å². The molecule has 3 rings (SSSR count). The number of hydrogen-bond acceptors (Lipinski definition) is 5. The zero-order chi connectivity index (χ0) is 17.8. The van der Waals surface area contributed by atoms with Crippen molar-refractivity contribution in [3.8, 4) is 0 Å². The molecule has 0 saturated heterocycles. The number of fused-ring (bicyclic) bond motifs is 1. The van der Waals surface area contributed by atoms with Crippen LogP contribution in [0.1, 0.15) is 37.4 Å². The van der Waals surface area contributed by atoms with Gasteiger partial charge in [0.1, 0.15) is 17.7 Å². The molecular formula is C18H23N5O2. The summed E-state index contributed by atoms with van der Waals surface area (Å²) in [5.41, 5.74) is 3.06. The summed E-state index contributed by atoms with van der Waals surface area (Å²) in [6, 6.07) is 9.91. The predicted octanol–water partition coefficient (Wildman–Crippen LogP) is 1.97. The molecule has 0 aliphatic rings. The lowest BCUT2D eigenvalue weighted by Crippen LogP contribution is -2.20. The van der Waals surface area contributed by atoms with Gasteiger partial charge in [-0.2, -0.15) is 0 Å². The summed E-state index contributed by atoms with van der Waals surface area (Å²) in [5.74, 6) is 0.600. The third kappa shape index (κ3) is 3.33. The van der Waals surface area contributed by atoms with E-state index in [1.54, 1.807) is 13.4 Å². The molecule has 7 heteroatoms. The highest BCUT2D eigenvalue weighted by Crippen LogP contribution is 2.23. The predicted molar refractivity (Wildman–Crippen MR) is 95.1 cm³/mol. The average Bonchev–Trinajstić information content (AvgIpc) is 3.10. The lowest BCUT2D eigenvalue weighted by molar-refractivity contribution is 0.0804. The van der Waals surface area contributed by atoms with Crippen LogP contribution in [0.5, 0.6) is 0 Å². The summed E-state index contributed by atoms with van der Waals surface area (Å²) in [5, 5.41) is 9.46. The Morgan fingerprint density at radius 1 is 1.32 bits per heavy atom. The van der Waals surface area contributed by atoms with Gasteiger partial charge >= 0.3 is 0 Å². The molecule has 0 aliphatic carbocycles. The van der Waals surface area contributed by atoms with Gasteiger partial charge in [-0.15, -0.1) is 0 Å². The van der Waals surface area contributed by atoms with Crippen molar-refractivity contribution in [2.45, 2.75) is 26.0 Å². The van der Waals surface area contributed by atoms with Gasteiger partial charge in [0, 0.05) is 25.1 Å². The fraction of sp³-hybridized carbons (Fsp3) is 0.389. The number of imidazole rings is 1. The lowest BCUT2D eigenvalue weighted by atomic mass is 10.2. The Kier molecular flexibility index (Phi) is 5.25. The summed E-state index contributed by atoms with van der Waals surface area (Å²) in [6.45, 7) is 4.52. The Hall–Kier alpha value is -2.51. The second-order valence-electron chi connectivity index (χ2n) is 5.85. The van der Waals surface area contributed by atoms with Crippen LogP contribution in [0.4, 0.5) is 0 Å². The quantitative estimate of drug-likeness (QED) is 0.717. The number of nitrogens with one attached hydrogen (secondary N) is 1. The van der Waals surface area contributed by atoms with Gasteiger partial charge in [-0.1, -0.05) is 37.3 Å². The number of aromatic amines is 1. The standard InChI is InChI=1S/C18H23N5O2/c1-4-19-16-14-17(22-15(21-14)12(2)10-24)23(11-20-16)18(25-3)13-8-6-5-7-9-13/h5-9,11-12,18,24H,4,10H2,1-3H3,(H,21,22). The first-order valence-corrected chi connectivity index (χ1v) is 8.35. The second-order valence-corrected chi connectivity index (χ2v) is 5.85. The van der Waals surface area contributed by atoms with Crippen LogP contribution in [-0.4, -0.2) is 44.9 Å². The first kappa shape index (κ1) is 17.3. The van der Waals surface area contributed by atoms with E-state index < -0.39 is 0 Å². The molecular weight excluding hydrogens is 318 g/mol. The monoisotopic (exact) mass is 341 g/mol. The van der Waals surface area contributed by atoms with Crippen molar-refractivity contribution in [3.63, 3.8) is 0 Å². The average molecular weight is 341 g/mol. The molecule has 2 aromatic heterocycles. The van der Waals surface area contributed by atoms with Gasteiger partial charge in [-0.25, -0.2) is 9.97 Å². The minimum atomic E-state index is -0.354. The van der Waals surface area contributed by atoms with E-state index in [9.17, 15) is 5.11 Å². The third-order valence-corrected chi connectivity index (χ3v) is 4.08. The first-order valence-electron chi connectivity index (χ1n) is 8.35. The molecule has 2 N–H and O–H groups in total. The summed E-state index contributed by atoms with van der Waals surface area (Å²) in [4.78, 5) is 16.9. The van der Waals surface area contributed by atoms with Crippen molar-refractivity contribution >= 4 is 11.2 Å². The maximum atomic E-state index is 9.46. The van der Waals surface area contributed by atoms with E-state index in [1.807, 2.05) is 48.7 Å². The van der Waals surface area contributed by atoms with Gasteiger partial charge in [0.15, 0.2) is 17.4 Å². The highest BCUT2D eigenvalue weighted by atomic mass is 16.5. The van der Waals surface area contributed by atoms with E-state index in [4.69, 9.17) is 4.74 Å². The van der Waals surface area contributed by atoms with Crippen molar-refractivity contribution in [1.29, 1.82) is 0 Å². The molecule has 0 saturated carbocycles. The summed E-state index contributed by atoms with van der Waals surface area (Å²) in [7, 11) is 1.66. The van der Waals surface area contributed by atoms with E-state index in [0.29, 0.717) is 23.5 Å². The number of ether oxygens (including phenoxy) is 1. The Morgan fingerprint density at radius 2 is 2.08 bits per heavy atom. The molecule has 0 aliphatic heterocycles. The fourth-order valence-electron chi connectivity index (χ4n) is 2.75. The Bertz CT molecular complexity index is 901. The van der Waals surface area contributed by atoms with E-state index in [-0.39, 0.29) is 18.8 Å². The van der Waals surface area contributed by atoms with Crippen molar-refractivity contribution in [3.05, 3.63) is 53.5 Å². The van der Waals surface area contributed by atoms with Crippen molar-refractivity contribution in [1.82, 2.24) is 19.5 Å². The van der Waals surface area contributed by atoms with Gasteiger partial charge in [0.2, 0.25) is 0 Å². The van der Waals surface area contributed by atoms with E-state index in [2.05, 4.69) is 19.9 Å². The van der Waals surface area contributed by atoms with Crippen LogP contribution in [-0.2, 0) is 4.74 Å². The molecule has 0 spiro atoms. The van der Waals surface area contributed by atoms with Crippen LogP contribution in [0.3, 0.4) is 0 Å². The summed E-state index contributed by atoms with van der Waals surface area (Å²) < 4.78 is 7.59. The van der Waals surface area contributed by atoms with Gasteiger partial charge in [-0.3, -0.25) is 9.56 Å². The second kappa shape index (κ2) is 7.58. The van der Waals surface area contributed by atoms with Crippen molar-refractivity contribution in [2.75, 3.05) is 20.3 Å². The topological polar surface area (TPSA) is 88.3 Å². The molecule has 7 nitrogen and oxygen atoms in total. The zero-order valence-electron chi connectivity index (χ0n) is 14.7. The molecule has 2 atom stereocenters. The first-order chi connectivity index (χ1) is 12.2. The molecule has 2 heterocycles. The number of H-pyrrole nitrogens is 1. The molecule has 0 bridgehead atoms. The molecule has 0 fully saturated rings. The van der Waals surface area contributed by atoms with Crippen LogP contribution >= 0.6 is 0 Å². The Morgan fingerprint density at radius 3 is 2.72 bits per heavy atom. The largest absolute Gasteiger partial charge is 0.396 e. The number of benzene rings is 1. The normalized spacial score (nSPS) is 14.8. The Balaban J connectivity index is 2.23. The molecule has 3 aromatic rings. The molecule has 25 heavy (non-hydrogen) atoms. The number of methoxy groups -OCH3 is 1. The fourth-order valence-corrected chi connectivity index (χ4v) is 2.75. The van der Waals surface area contributed by atoms with Crippen LogP contribution in [0.2, 0.25) is 0 Å². The molecule has 1 aromatic carbocycles. The van der Waals surface area contributed by atoms with Crippen LogP contribution in [0.25, 0.3) is 11.2 Å². The highest BCUT2D eigenvalue weighted by Gasteiger charge is 2.19. The van der Waals surface area contributed by atoms with Crippen molar-refractivity contribution < 1.29 is 9.84 Å². The van der Waals surface area contributed by atoms with Gasteiger partial charge in [-0.05, 0) is 6.92 Å². The number of aromatic nitrogens is 4. The SMILES string of the molecule is CCN=c1ncn(C(OC)c2ccccc2)c2nc(C(C)CO)[nH]c12.